The van der Waals surface area contributed by atoms with Crippen molar-refractivity contribution in [2.24, 2.45) is 11.7 Å². The highest BCUT2D eigenvalue weighted by atomic mass is 16.2. The number of carbonyl (C=O) groups excluding carboxylic acids is 1. The van der Waals surface area contributed by atoms with Crippen molar-refractivity contribution in [3.05, 3.63) is 0 Å². The van der Waals surface area contributed by atoms with Gasteiger partial charge in [0.15, 0.2) is 0 Å². The highest BCUT2D eigenvalue weighted by Crippen LogP contribution is 2.27. The van der Waals surface area contributed by atoms with Crippen molar-refractivity contribution in [1.29, 1.82) is 0 Å². The summed E-state index contributed by atoms with van der Waals surface area (Å²) in [6, 6.07) is 0.274. The Balaban J connectivity index is 1.78. The molecule has 0 unspecified atom stereocenters. The number of carbonyl (C=O) groups is 1. The van der Waals surface area contributed by atoms with Crippen LogP contribution in [0.15, 0.2) is 0 Å². The van der Waals surface area contributed by atoms with E-state index in [0.29, 0.717) is 5.91 Å². The zero-order valence-electron chi connectivity index (χ0n) is 9.48. The molecule has 2 fully saturated rings. The van der Waals surface area contributed by atoms with Gasteiger partial charge in [-0.1, -0.05) is 6.92 Å². The molecule has 0 radical (unpaired) electrons. The largest absolute Gasteiger partial charge is 0.340 e. The number of nitrogens with two attached hydrogens (primary N) is 1. The first kappa shape index (κ1) is 10.9. The topological polar surface area (TPSA) is 49.6 Å². The zero-order valence-corrected chi connectivity index (χ0v) is 9.48. The van der Waals surface area contributed by atoms with Crippen LogP contribution in [0.1, 0.15) is 19.8 Å². The first-order valence-electron chi connectivity index (χ1n) is 5.97. The lowest BCUT2D eigenvalue weighted by molar-refractivity contribution is -0.140. The minimum Gasteiger partial charge on any atom is -0.340 e. The average molecular weight is 211 g/mol. The Kier molecular flexibility index (Phi) is 3.26. The van der Waals surface area contributed by atoms with Gasteiger partial charge in [-0.15, -0.1) is 0 Å². The van der Waals surface area contributed by atoms with Gasteiger partial charge in [0.25, 0.3) is 0 Å². The maximum Gasteiger partial charge on any atom is 0.225 e. The molecular weight excluding hydrogens is 190 g/mol. The van der Waals surface area contributed by atoms with E-state index < -0.39 is 0 Å². The molecule has 1 aliphatic heterocycles. The number of likely N-dealkylation sites (N-methyl/N-ethyl adjacent to an activating group) is 1. The molecule has 1 saturated carbocycles. The fraction of sp³-hybridized carbons (Fsp3) is 0.909. The Bertz CT molecular complexity index is 230. The van der Waals surface area contributed by atoms with E-state index in [1.807, 2.05) is 4.90 Å². The summed E-state index contributed by atoms with van der Waals surface area (Å²) in [4.78, 5) is 16.4. The fourth-order valence-electron chi connectivity index (χ4n) is 2.41. The molecule has 0 aromatic rings. The number of amides is 1. The van der Waals surface area contributed by atoms with Crippen LogP contribution in [0.5, 0.6) is 0 Å². The van der Waals surface area contributed by atoms with Crippen LogP contribution in [0.2, 0.25) is 0 Å². The zero-order chi connectivity index (χ0) is 10.8. The van der Waals surface area contributed by atoms with Gasteiger partial charge in [0.1, 0.15) is 0 Å². The van der Waals surface area contributed by atoms with E-state index in [4.69, 9.17) is 5.73 Å². The van der Waals surface area contributed by atoms with Crippen LogP contribution < -0.4 is 5.73 Å². The van der Waals surface area contributed by atoms with E-state index in [1.165, 1.54) is 0 Å². The molecule has 1 heterocycles. The maximum atomic E-state index is 12.0. The first-order valence-corrected chi connectivity index (χ1v) is 5.97. The summed E-state index contributed by atoms with van der Waals surface area (Å²) in [6.07, 6.45) is 1.79. The molecule has 4 heteroatoms. The summed E-state index contributed by atoms with van der Waals surface area (Å²) in [6.45, 7) is 7.12. The molecule has 0 bridgehead atoms. The van der Waals surface area contributed by atoms with Gasteiger partial charge in [0.2, 0.25) is 5.91 Å². The Morgan fingerprint density at radius 2 is 1.87 bits per heavy atom. The summed E-state index contributed by atoms with van der Waals surface area (Å²) in [5, 5.41) is 0. The highest BCUT2D eigenvalue weighted by molar-refractivity contribution is 5.80. The number of rotatable bonds is 2. The molecule has 0 aromatic heterocycles. The quantitative estimate of drug-likeness (QED) is 0.693. The van der Waals surface area contributed by atoms with Crippen LogP contribution in [-0.2, 0) is 4.79 Å². The van der Waals surface area contributed by atoms with Gasteiger partial charge in [0.05, 0.1) is 0 Å². The number of nitrogens with zero attached hydrogens (tertiary/aromatic N) is 2. The first-order chi connectivity index (χ1) is 7.20. The van der Waals surface area contributed by atoms with Gasteiger partial charge in [-0.25, -0.2) is 0 Å². The normalized spacial score (nSPS) is 32.5. The second-order valence-electron chi connectivity index (χ2n) is 4.69. The Morgan fingerprint density at radius 3 is 2.33 bits per heavy atom. The molecule has 4 nitrogen and oxygen atoms in total. The van der Waals surface area contributed by atoms with E-state index in [2.05, 4.69) is 11.8 Å². The van der Waals surface area contributed by atoms with Crippen LogP contribution in [0.25, 0.3) is 0 Å². The lowest BCUT2D eigenvalue weighted by atomic mass is 9.80. The van der Waals surface area contributed by atoms with Gasteiger partial charge in [-0.2, -0.15) is 0 Å². The summed E-state index contributed by atoms with van der Waals surface area (Å²) in [5.74, 6) is 0.570. The SMILES string of the molecule is CCN1CCN(C(=O)[C@H]2C[C@@H](N)C2)CC1. The van der Waals surface area contributed by atoms with Crippen LogP contribution in [-0.4, -0.2) is 54.5 Å². The predicted molar refractivity (Wildman–Crippen MR) is 59.4 cm³/mol. The molecule has 2 aliphatic rings. The third-order valence-electron chi connectivity index (χ3n) is 3.65. The molecule has 0 spiro atoms. The third kappa shape index (κ3) is 2.32. The minimum atomic E-state index is 0.230. The van der Waals surface area contributed by atoms with Gasteiger partial charge >= 0.3 is 0 Å². The van der Waals surface area contributed by atoms with E-state index in [-0.39, 0.29) is 12.0 Å². The van der Waals surface area contributed by atoms with Crippen LogP contribution in [0.3, 0.4) is 0 Å². The predicted octanol–water partition coefficient (Wildman–Crippen LogP) is -0.112. The standard InChI is InChI=1S/C11H21N3O/c1-2-13-3-5-14(6-4-13)11(15)9-7-10(12)8-9/h9-10H,2-8,12H2,1H3/t9-,10+. The van der Waals surface area contributed by atoms with Crippen LogP contribution in [0, 0.1) is 5.92 Å². The Labute approximate surface area is 91.4 Å². The second-order valence-corrected chi connectivity index (χ2v) is 4.69. The Morgan fingerprint density at radius 1 is 1.27 bits per heavy atom. The summed E-state index contributed by atoms with van der Waals surface area (Å²) in [7, 11) is 0. The molecule has 2 rings (SSSR count). The maximum absolute atomic E-state index is 12.0. The smallest absolute Gasteiger partial charge is 0.225 e. The van der Waals surface area contributed by atoms with E-state index in [0.717, 1.165) is 45.6 Å². The summed E-state index contributed by atoms with van der Waals surface area (Å²) in [5.41, 5.74) is 5.70. The van der Waals surface area contributed by atoms with Gasteiger partial charge < -0.3 is 15.5 Å². The van der Waals surface area contributed by atoms with Gasteiger partial charge in [-0.05, 0) is 19.4 Å². The van der Waals surface area contributed by atoms with Crippen molar-refractivity contribution in [1.82, 2.24) is 9.80 Å². The van der Waals surface area contributed by atoms with Crippen molar-refractivity contribution in [2.45, 2.75) is 25.8 Å². The van der Waals surface area contributed by atoms with E-state index in [9.17, 15) is 4.79 Å². The number of piperazine rings is 1. The minimum absolute atomic E-state index is 0.230. The third-order valence-corrected chi connectivity index (χ3v) is 3.65. The van der Waals surface area contributed by atoms with Crippen molar-refractivity contribution in [2.75, 3.05) is 32.7 Å². The molecule has 1 saturated heterocycles. The van der Waals surface area contributed by atoms with Crippen LogP contribution in [0.4, 0.5) is 0 Å². The molecule has 0 atom stereocenters. The lowest BCUT2D eigenvalue weighted by Gasteiger charge is -2.39. The van der Waals surface area contributed by atoms with Crippen molar-refractivity contribution >= 4 is 5.91 Å². The molecule has 15 heavy (non-hydrogen) atoms. The molecule has 86 valence electrons. The van der Waals surface area contributed by atoms with E-state index >= 15 is 0 Å². The number of hydrogen-bond donors (Lipinski definition) is 1. The fourth-order valence-corrected chi connectivity index (χ4v) is 2.41. The van der Waals surface area contributed by atoms with Crippen molar-refractivity contribution < 1.29 is 4.79 Å². The highest BCUT2D eigenvalue weighted by Gasteiger charge is 2.35. The van der Waals surface area contributed by atoms with Gasteiger partial charge in [-0.3, -0.25) is 4.79 Å². The van der Waals surface area contributed by atoms with Gasteiger partial charge in [0, 0.05) is 38.1 Å². The summed E-state index contributed by atoms with van der Waals surface area (Å²) < 4.78 is 0. The molecular formula is C11H21N3O. The van der Waals surface area contributed by atoms with E-state index in [1.54, 1.807) is 0 Å². The number of hydrogen-bond acceptors (Lipinski definition) is 3. The van der Waals surface area contributed by atoms with Crippen LogP contribution >= 0.6 is 0 Å². The lowest BCUT2D eigenvalue weighted by Crippen LogP contribution is -2.53. The van der Waals surface area contributed by atoms with Crippen molar-refractivity contribution in [3.63, 3.8) is 0 Å². The monoisotopic (exact) mass is 211 g/mol. The molecule has 0 aromatic carbocycles. The second kappa shape index (κ2) is 4.49. The summed E-state index contributed by atoms with van der Waals surface area (Å²) >= 11 is 0. The Hall–Kier alpha value is -0.610. The molecule has 1 aliphatic carbocycles. The van der Waals surface area contributed by atoms with Crippen molar-refractivity contribution in [3.8, 4) is 0 Å². The molecule has 1 amide bonds. The molecule has 2 N–H and O–H groups in total. The average Bonchev–Trinajstić information content (AvgIpc) is 2.24.